The molecule has 0 fully saturated rings. The number of benzene rings is 1. The fourth-order valence-corrected chi connectivity index (χ4v) is 3.08. The number of carbonyl (C=O) groups excluding carboxylic acids is 1. The number of alkyl halides is 3. The predicted octanol–water partition coefficient (Wildman–Crippen LogP) is 2.73. The van der Waals surface area contributed by atoms with E-state index in [-0.39, 0.29) is 12.2 Å². The summed E-state index contributed by atoms with van der Waals surface area (Å²) in [5.41, 5.74) is 0.611. The summed E-state index contributed by atoms with van der Waals surface area (Å²) in [5, 5.41) is 14.9. The van der Waals surface area contributed by atoms with Crippen LogP contribution in [0.2, 0.25) is 0 Å². The van der Waals surface area contributed by atoms with Crippen LogP contribution in [0.15, 0.2) is 42.6 Å². The molecular formula is C20H21F3N4O4. The molecule has 1 aromatic heterocycles. The van der Waals surface area contributed by atoms with E-state index >= 15 is 0 Å². The Morgan fingerprint density at radius 1 is 1.32 bits per heavy atom. The lowest BCUT2D eigenvalue weighted by atomic mass is 10.1. The van der Waals surface area contributed by atoms with Gasteiger partial charge in [-0.2, -0.15) is 13.2 Å². The molecule has 166 valence electrons. The van der Waals surface area contributed by atoms with Crippen LogP contribution in [0.5, 0.6) is 5.75 Å². The van der Waals surface area contributed by atoms with Gasteiger partial charge in [-0.05, 0) is 42.3 Å². The lowest BCUT2D eigenvalue weighted by Crippen LogP contribution is -2.48. The molecule has 1 amide bonds. The number of carboxylic acids is 1. The summed E-state index contributed by atoms with van der Waals surface area (Å²) in [6.45, 7) is -0.976. The number of rotatable bonds is 8. The van der Waals surface area contributed by atoms with Crippen LogP contribution in [-0.4, -0.2) is 58.8 Å². The molecule has 0 aliphatic carbocycles. The third kappa shape index (κ3) is 6.24. The van der Waals surface area contributed by atoms with Gasteiger partial charge in [0, 0.05) is 25.0 Å². The third-order valence-corrected chi connectivity index (χ3v) is 4.47. The Hall–Kier alpha value is -3.50. The molecule has 1 unspecified atom stereocenters. The second-order valence-electron chi connectivity index (χ2n) is 6.89. The van der Waals surface area contributed by atoms with Crippen LogP contribution in [0.1, 0.15) is 12.0 Å². The highest BCUT2D eigenvalue weighted by Crippen LogP contribution is 2.29. The smallest absolute Gasteiger partial charge is 0.406 e. The highest BCUT2D eigenvalue weighted by atomic mass is 19.4. The Kier molecular flexibility index (Phi) is 6.83. The molecule has 31 heavy (non-hydrogen) atoms. The van der Waals surface area contributed by atoms with Crippen LogP contribution in [-0.2, 0) is 16.1 Å². The maximum Gasteiger partial charge on any atom is 0.406 e. The summed E-state index contributed by atoms with van der Waals surface area (Å²) >= 11 is 0. The maximum absolute atomic E-state index is 12.9. The Morgan fingerprint density at radius 2 is 2.13 bits per heavy atom. The van der Waals surface area contributed by atoms with E-state index in [4.69, 9.17) is 4.74 Å². The highest BCUT2D eigenvalue weighted by Gasteiger charge is 2.40. The number of aromatic nitrogens is 1. The number of nitrogens with one attached hydrogen (secondary N) is 2. The van der Waals surface area contributed by atoms with Gasteiger partial charge in [0.2, 0.25) is 6.04 Å². The van der Waals surface area contributed by atoms with Gasteiger partial charge in [-0.1, -0.05) is 6.07 Å². The van der Waals surface area contributed by atoms with Crippen LogP contribution in [0.4, 0.5) is 24.7 Å². The number of pyridine rings is 1. The predicted molar refractivity (Wildman–Crippen MR) is 106 cm³/mol. The number of hydrogen-bond donors (Lipinski definition) is 3. The molecule has 0 bridgehead atoms. The van der Waals surface area contributed by atoms with Crippen molar-refractivity contribution in [3.8, 4) is 5.75 Å². The molecule has 11 heteroatoms. The van der Waals surface area contributed by atoms with Gasteiger partial charge in [-0.3, -0.25) is 4.79 Å². The van der Waals surface area contributed by atoms with Crippen LogP contribution in [0, 0.1) is 0 Å². The molecule has 0 saturated carbocycles. The molecule has 1 atom stereocenters. The Bertz CT molecular complexity index is 924. The number of hydrogen-bond acceptors (Lipinski definition) is 6. The van der Waals surface area contributed by atoms with Gasteiger partial charge in [-0.15, -0.1) is 0 Å². The van der Waals surface area contributed by atoms with E-state index in [1.54, 1.807) is 12.3 Å². The highest BCUT2D eigenvalue weighted by molar-refractivity contribution is 6.04. The van der Waals surface area contributed by atoms with Crippen molar-refractivity contribution in [3.05, 3.63) is 48.2 Å². The fourth-order valence-electron chi connectivity index (χ4n) is 3.08. The summed E-state index contributed by atoms with van der Waals surface area (Å²) in [4.78, 5) is 28.3. The minimum atomic E-state index is -4.65. The first-order chi connectivity index (χ1) is 14.7. The summed E-state index contributed by atoms with van der Waals surface area (Å²) < 4.78 is 44.3. The monoisotopic (exact) mass is 438 g/mol. The Morgan fingerprint density at radius 3 is 2.81 bits per heavy atom. The van der Waals surface area contributed by atoms with Crippen molar-refractivity contribution >= 4 is 23.4 Å². The van der Waals surface area contributed by atoms with E-state index < -0.39 is 30.6 Å². The zero-order valence-corrected chi connectivity index (χ0v) is 16.4. The van der Waals surface area contributed by atoms with Gasteiger partial charge in [0.15, 0.2) is 0 Å². The summed E-state index contributed by atoms with van der Waals surface area (Å²) in [6, 6.07) is 8.28. The molecule has 1 aromatic carbocycles. The average Bonchev–Trinajstić information content (AvgIpc) is 2.84. The zero-order valence-electron chi connectivity index (χ0n) is 16.4. The first kappa shape index (κ1) is 22.2. The first-order valence-corrected chi connectivity index (χ1v) is 9.48. The number of halogens is 3. The number of carbonyl (C=O) groups is 2. The number of amides is 1. The van der Waals surface area contributed by atoms with E-state index in [9.17, 15) is 27.9 Å². The number of anilines is 2. The minimum Gasteiger partial charge on any atom is -0.494 e. The molecule has 0 spiro atoms. The Balaban J connectivity index is 1.64. The van der Waals surface area contributed by atoms with Gasteiger partial charge in [-0.25, -0.2) is 9.78 Å². The topological polar surface area (TPSA) is 104 Å². The van der Waals surface area contributed by atoms with E-state index in [0.717, 1.165) is 5.82 Å². The van der Waals surface area contributed by atoms with E-state index in [0.29, 0.717) is 35.8 Å². The van der Waals surface area contributed by atoms with Gasteiger partial charge in [0.05, 0.1) is 6.61 Å². The second kappa shape index (κ2) is 9.54. The van der Waals surface area contributed by atoms with Crippen molar-refractivity contribution < 1.29 is 32.6 Å². The van der Waals surface area contributed by atoms with E-state index in [1.807, 2.05) is 18.2 Å². The second-order valence-corrected chi connectivity index (χ2v) is 6.89. The van der Waals surface area contributed by atoms with Gasteiger partial charge in [0.25, 0.3) is 5.91 Å². The molecule has 0 saturated heterocycles. The quantitative estimate of drug-likeness (QED) is 0.430. The number of ether oxygens (including phenoxy) is 1. The Labute approximate surface area is 176 Å². The van der Waals surface area contributed by atoms with Gasteiger partial charge in [0.1, 0.15) is 18.1 Å². The normalized spacial score (nSPS) is 16.2. The van der Waals surface area contributed by atoms with Crippen LogP contribution < -0.4 is 15.4 Å². The summed E-state index contributed by atoms with van der Waals surface area (Å²) in [5.74, 6) is -1.55. The first-order valence-electron chi connectivity index (χ1n) is 9.48. The number of fused-ring (bicyclic) bond motifs is 1. The molecule has 3 N–H and O–H groups in total. The zero-order chi connectivity index (χ0) is 22.4. The molecule has 2 aromatic rings. The van der Waals surface area contributed by atoms with Crippen molar-refractivity contribution in [1.29, 1.82) is 0 Å². The van der Waals surface area contributed by atoms with Crippen LogP contribution in [0.3, 0.4) is 0 Å². The van der Waals surface area contributed by atoms with Gasteiger partial charge < -0.3 is 25.4 Å². The van der Waals surface area contributed by atoms with E-state index in [1.165, 1.54) is 12.1 Å². The number of nitrogens with zero attached hydrogens (tertiary/aromatic N) is 2. The van der Waals surface area contributed by atoms with Crippen molar-refractivity contribution in [3.63, 3.8) is 0 Å². The summed E-state index contributed by atoms with van der Waals surface area (Å²) in [6.07, 6.45) is -2.34. The summed E-state index contributed by atoms with van der Waals surface area (Å²) in [7, 11) is 0. The third-order valence-electron chi connectivity index (χ3n) is 4.47. The molecule has 8 nitrogen and oxygen atoms in total. The lowest BCUT2D eigenvalue weighted by molar-refractivity contribution is -0.165. The SMILES string of the molecule is O=C(O)C1Nc2ccc(OCCCNc3ccccn3)cc2CN(CC(F)(F)F)C1=O. The number of carboxylic acid groups (broad SMARTS) is 1. The average molecular weight is 438 g/mol. The van der Waals surface area contributed by atoms with Crippen molar-refractivity contribution in [2.24, 2.45) is 0 Å². The van der Waals surface area contributed by atoms with Crippen molar-refractivity contribution in [2.45, 2.75) is 25.2 Å². The van der Waals surface area contributed by atoms with Crippen molar-refractivity contribution in [1.82, 2.24) is 9.88 Å². The van der Waals surface area contributed by atoms with Crippen LogP contribution >= 0.6 is 0 Å². The number of aliphatic carboxylic acids is 1. The fraction of sp³-hybridized carbons (Fsp3) is 0.350. The minimum absolute atomic E-state index is 0.273. The van der Waals surface area contributed by atoms with Crippen molar-refractivity contribution in [2.75, 3.05) is 30.3 Å². The lowest BCUT2D eigenvalue weighted by Gasteiger charge is -2.23. The van der Waals surface area contributed by atoms with Gasteiger partial charge >= 0.3 is 12.1 Å². The largest absolute Gasteiger partial charge is 0.494 e. The molecule has 1 aliphatic heterocycles. The standard InChI is InChI=1S/C20H21F3N4O4/c21-20(22,23)12-27-11-13-10-14(5-6-15(13)26-17(18(27)28)19(29)30)31-9-3-8-25-16-4-1-2-7-24-16/h1-2,4-7,10,17,26H,3,8-9,11-12H2,(H,24,25)(H,29,30). The molecular weight excluding hydrogens is 417 g/mol. The molecule has 1 aliphatic rings. The molecule has 0 radical (unpaired) electrons. The molecule has 3 rings (SSSR count). The molecule has 2 heterocycles. The van der Waals surface area contributed by atoms with Crippen LogP contribution in [0.25, 0.3) is 0 Å². The maximum atomic E-state index is 12.9. The van der Waals surface area contributed by atoms with E-state index in [2.05, 4.69) is 15.6 Å².